The minimum atomic E-state index is 0.420. The number of benzene rings is 1. The molecule has 0 N–H and O–H groups in total. The van der Waals surface area contributed by atoms with E-state index in [1.54, 1.807) is 17.1 Å². The van der Waals surface area contributed by atoms with Gasteiger partial charge in [-0.25, -0.2) is 4.68 Å². The van der Waals surface area contributed by atoms with E-state index >= 15 is 0 Å². The number of piperidine rings is 1. The highest BCUT2D eigenvalue weighted by Crippen LogP contribution is 2.22. The highest BCUT2D eigenvalue weighted by atomic mass is 32.1. The van der Waals surface area contributed by atoms with Gasteiger partial charge >= 0.3 is 0 Å². The van der Waals surface area contributed by atoms with E-state index in [9.17, 15) is 0 Å². The fraction of sp³-hybridized carbons (Fsp3) is 0.350. The molecule has 1 aromatic carbocycles. The Labute approximate surface area is 158 Å². The number of hydrogen-bond donors (Lipinski definition) is 0. The Morgan fingerprint density at radius 1 is 1.04 bits per heavy atom. The van der Waals surface area contributed by atoms with Gasteiger partial charge in [-0.1, -0.05) is 30.3 Å². The number of aromatic nitrogens is 3. The van der Waals surface area contributed by atoms with E-state index in [2.05, 4.69) is 45.3 Å². The Bertz CT molecular complexity index is 883. The van der Waals surface area contributed by atoms with Crippen LogP contribution in [0.1, 0.15) is 18.4 Å². The zero-order valence-electron chi connectivity index (χ0n) is 14.6. The van der Waals surface area contributed by atoms with Crippen molar-refractivity contribution in [1.29, 1.82) is 0 Å². The zero-order chi connectivity index (χ0) is 17.8. The van der Waals surface area contributed by atoms with Crippen LogP contribution in [0.25, 0.3) is 11.5 Å². The van der Waals surface area contributed by atoms with Gasteiger partial charge in [0.15, 0.2) is 0 Å². The number of pyridine rings is 1. The third-order valence-corrected chi connectivity index (χ3v) is 5.24. The van der Waals surface area contributed by atoms with E-state index in [0.29, 0.717) is 17.4 Å². The van der Waals surface area contributed by atoms with E-state index in [1.165, 1.54) is 24.8 Å². The molecule has 1 aliphatic rings. The Morgan fingerprint density at radius 2 is 1.77 bits per heavy atom. The molecule has 1 aliphatic heterocycles. The fourth-order valence-electron chi connectivity index (χ4n) is 3.48. The maximum absolute atomic E-state index is 5.65. The Hall–Kier alpha value is -2.31. The van der Waals surface area contributed by atoms with Gasteiger partial charge in [0, 0.05) is 31.0 Å². The molecule has 0 spiro atoms. The first-order valence-electron chi connectivity index (χ1n) is 9.02. The molecule has 134 valence electrons. The molecule has 0 amide bonds. The van der Waals surface area contributed by atoms with Crippen molar-refractivity contribution in [1.82, 2.24) is 19.7 Å². The lowest BCUT2D eigenvalue weighted by Crippen LogP contribution is -2.36. The van der Waals surface area contributed by atoms with Crippen LogP contribution in [-0.4, -0.2) is 32.8 Å². The van der Waals surface area contributed by atoms with Crippen LogP contribution in [0.5, 0.6) is 0 Å². The second-order valence-corrected chi connectivity index (χ2v) is 7.15. The third-order valence-electron chi connectivity index (χ3n) is 4.94. The number of hydrogen-bond acceptors (Lipinski definition) is 5. The quantitative estimate of drug-likeness (QED) is 0.634. The lowest BCUT2D eigenvalue weighted by molar-refractivity contribution is 0.138. The maximum atomic E-state index is 5.65. The fourth-order valence-corrected chi connectivity index (χ4v) is 3.65. The molecule has 4 rings (SSSR count). The summed E-state index contributed by atoms with van der Waals surface area (Å²) in [6, 6.07) is 14.5. The summed E-state index contributed by atoms with van der Waals surface area (Å²) >= 11 is 5.34. The van der Waals surface area contributed by atoms with Crippen molar-refractivity contribution in [3.8, 4) is 11.5 Å². The van der Waals surface area contributed by atoms with E-state index < -0.39 is 0 Å². The van der Waals surface area contributed by atoms with Crippen LogP contribution in [-0.2, 0) is 13.1 Å². The number of nitrogens with zero attached hydrogens (tertiary/aromatic N) is 4. The molecule has 6 heteroatoms. The molecule has 3 aromatic rings. The summed E-state index contributed by atoms with van der Waals surface area (Å²) in [5.74, 6) is 1.31. The van der Waals surface area contributed by atoms with Gasteiger partial charge in [-0.05, 0) is 55.1 Å². The summed E-state index contributed by atoms with van der Waals surface area (Å²) in [5, 5.41) is 4.54. The van der Waals surface area contributed by atoms with Crippen LogP contribution < -0.4 is 0 Å². The van der Waals surface area contributed by atoms with Crippen LogP contribution in [0.4, 0.5) is 0 Å². The molecule has 0 atom stereocenters. The molecular weight excluding hydrogens is 344 g/mol. The van der Waals surface area contributed by atoms with Crippen molar-refractivity contribution in [2.45, 2.75) is 25.9 Å². The Balaban J connectivity index is 1.35. The van der Waals surface area contributed by atoms with Gasteiger partial charge in [-0.15, -0.1) is 5.10 Å². The van der Waals surface area contributed by atoms with Crippen molar-refractivity contribution < 1.29 is 4.42 Å². The van der Waals surface area contributed by atoms with E-state index in [1.807, 2.05) is 12.1 Å². The Morgan fingerprint density at radius 3 is 2.50 bits per heavy atom. The van der Waals surface area contributed by atoms with Gasteiger partial charge < -0.3 is 4.42 Å². The predicted octanol–water partition coefficient (Wildman–Crippen LogP) is 4.18. The second-order valence-electron chi connectivity index (χ2n) is 6.80. The highest BCUT2D eigenvalue weighted by molar-refractivity contribution is 7.71. The number of rotatable bonds is 5. The lowest BCUT2D eigenvalue weighted by atomic mass is 9.90. The van der Waals surface area contributed by atoms with Crippen molar-refractivity contribution in [2.24, 2.45) is 5.92 Å². The maximum Gasteiger partial charge on any atom is 0.288 e. The third kappa shape index (κ3) is 4.08. The van der Waals surface area contributed by atoms with Crippen LogP contribution in [0.15, 0.2) is 59.3 Å². The van der Waals surface area contributed by atoms with Gasteiger partial charge in [0.25, 0.3) is 4.84 Å². The van der Waals surface area contributed by atoms with E-state index in [-0.39, 0.29) is 0 Å². The standard InChI is InChI=1S/C20H22N4OS/c26-20-24(22-19(25-20)18-6-10-21-11-7-18)15-23-12-8-17(9-13-23)14-16-4-2-1-3-5-16/h1-7,10-11,17H,8-9,12-15H2. The van der Waals surface area contributed by atoms with Gasteiger partial charge in [0.2, 0.25) is 5.89 Å². The molecule has 0 saturated carbocycles. The van der Waals surface area contributed by atoms with Crippen LogP contribution in [0.2, 0.25) is 0 Å². The molecule has 1 fully saturated rings. The predicted molar refractivity (Wildman–Crippen MR) is 103 cm³/mol. The summed E-state index contributed by atoms with van der Waals surface area (Å²) in [6.07, 6.45) is 7.04. The molecule has 2 aromatic heterocycles. The van der Waals surface area contributed by atoms with Gasteiger partial charge in [-0.3, -0.25) is 9.88 Å². The van der Waals surface area contributed by atoms with Gasteiger partial charge in [0.1, 0.15) is 0 Å². The molecule has 0 radical (unpaired) electrons. The summed E-state index contributed by atoms with van der Waals surface area (Å²) < 4.78 is 7.43. The van der Waals surface area contributed by atoms with Crippen LogP contribution in [0.3, 0.4) is 0 Å². The smallest absolute Gasteiger partial charge is 0.288 e. The van der Waals surface area contributed by atoms with Crippen LogP contribution >= 0.6 is 12.2 Å². The molecule has 0 aliphatic carbocycles. The van der Waals surface area contributed by atoms with Crippen molar-refractivity contribution >= 4 is 12.2 Å². The average Bonchev–Trinajstić information content (AvgIpc) is 3.05. The SMILES string of the molecule is S=c1oc(-c2ccncc2)nn1CN1CCC(Cc2ccccc2)CC1. The number of likely N-dealkylation sites (tertiary alicyclic amines) is 1. The summed E-state index contributed by atoms with van der Waals surface area (Å²) in [7, 11) is 0. The van der Waals surface area contributed by atoms with Crippen molar-refractivity contribution in [3.05, 3.63) is 65.3 Å². The lowest BCUT2D eigenvalue weighted by Gasteiger charge is -2.31. The first-order valence-corrected chi connectivity index (χ1v) is 9.43. The van der Waals surface area contributed by atoms with Crippen molar-refractivity contribution in [2.75, 3.05) is 13.1 Å². The zero-order valence-corrected chi connectivity index (χ0v) is 15.4. The molecule has 1 saturated heterocycles. The monoisotopic (exact) mass is 366 g/mol. The minimum absolute atomic E-state index is 0.420. The van der Waals surface area contributed by atoms with Crippen molar-refractivity contribution in [3.63, 3.8) is 0 Å². The highest BCUT2D eigenvalue weighted by Gasteiger charge is 2.20. The second kappa shape index (κ2) is 7.93. The summed E-state index contributed by atoms with van der Waals surface area (Å²) in [4.78, 5) is 6.84. The molecule has 3 heterocycles. The molecule has 5 nitrogen and oxygen atoms in total. The summed E-state index contributed by atoms with van der Waals surface area (Å²) in [5.41, 5.74) is 2.33. The average molecular weight is 366 g/mol. The minimum Gasteiger partial charge on any atom is -0.409 e. The topological polar surface area (TPSA) is 47.1 Å². The first-order chi connectivity index (χ1) is 12.8. The van der Waals surface area contributed by atoms with Gasteiger partial charge in [-0.2, -0.15) is 0 Å². The Kier molecular flexibility index (Phi) is 5.22. The van der Waals surface area contributed by atoms with E-state index in [4.69, 9.17) is 16.6 Å². The molecule has 0 bridgehead atoms. The molecule has 26 heavy (non-hydrogen) atoms. The normalized spacial score (nSPS) is 16.0. The largest absolute Gasteiger partial charge is 0.409 e. The summed E-state index contributed by atoms with van der Waals surface area (Å²) in [6.45, 7) is 2.82. The molecule has 0 unspecified atom stereocenters. The van der Waals surface area contributed by atoms with E-state index in [0.717, 1.165) is 24.6 Å². The first kappa shape index (κ1) is 17.1. The molecular formula is C20H22N4OS. The van der Waals surface area contributed by atoms with Crippen LogP contribution in [0, 0.1) is 10.8 Å². The van der Waals surface area contributed by atoms with Gasteiger partial charge in [0.05, 0.1) is 6.67 Å².